The topological polar surface area (TPSA) is 84.9 Å². The number of amides is 1. The predicted octanol–water partition coefficient (Wildman–Crippen LogP) is -0.371. The summed E-state index contributed by atoms with van der Waals surface area (Å²) in [4.78, 5) is 21.7. The first-order valence-corrected chi connectivity index (χ1v) is 5.83. The molecule has 0 aromatic carbocycles. The number of carbonyl (C=O) groups excluding carboxylic acids is 1. The van der Waals surface area contributed by atoms with Crippen molar-refractivity contribution in [2.75, 3.05) is 26.4 Å². The van der Waals surface area contributed by atoms with Crippen LogP contribution in [0.4, 0.5) is 0 Å². The molecule has 6 heteroatoms. The third kappa shape index (κ3) is 3.67. The summed E-state index contributed by atoms with van der Waals surface area (Å²) in [6.07, 6.45) is 2.44. The largest absolute Gasteiger partial charge is 0.480 e. The zero-order valence-electron chi connectivity index (χ0n) is 9.55. The average molecular weight is 243 g/mol. The molecule has 0 aromatic rings. The lowest BCUT2D eigenvalue weighted by Gasteiger charge is -2.18. The third-order valence-electron chi connectivity index (χ3n) is 3.16. The highest BCUT2D eigenvalue weighted by Crippen LogP contribution is 2.40. The van der Waals surface area contributed by atoms with Crippen LogP contribution in [0.2, 0.25) is 0 Å². The van der Waals surface area contributed by atoms with Crippen LogP contribution in [0.3, 0.4) is 0 Å². The zero-order chi connectivity index (χ0) is 12.3. The van der Waals surface area contributed by atoms with Crippen LogP contribution < -0.4 is 5.32 Å². The maximum Gasteiger partial charge on any atom is 0.329 e. The first kappa shape index (κ1) is 12.3. The maximum atomic E-state index is 11.5. The van der Waals surface area contributed by atoms with Crippen molar-refractivity contribution in [3.63, 3.8) is 0 Å². The average Bonchev–Trinajstić information content (AvgIpc) is 3.00. The van der Waals surface area contributed by atoms with Gasteiger partial charge in [-0.3, -0.25) is 4.79 Å². The number of ether oxygens (including phenoxy) is 2. The lowest BCUT2D eigenvalue weighted by atomic mass is 9.98. The molecule has 1 saturated carbocycles. The minimum atomic E-state index is -1.07. The van der Waals surface area contributed by atoms with Crippen LogP contribution in [0.25, 0.3) is 0 Å². The Labute approximate surface area is 99.3 Å². The Morgan fingerprint density at radius 1 is 1.29 bits per heavy atom. The summed E-state index contributed by atoms with van der Waals surface area (Å²) in [7, 11) is 0. The minimum absolute atomic E-state index is 0.0587. The first-order chi connectivity index (χ1) is 8.16. The molecule has 6 nitrogen and oxygen atoms in total. The van der Waals surface area contributed by atoms with Crippen molar-refractivity contribution in [2.24, 2.45) is 11.8 Å². The summed E-state index contributed by atoms with van der Waals surface area (Å²) in [5.74, 6) is -0.244. The van der Waals surface area contributed by atoms with Gasteiger partial charge < -0.3 is 19.9 Å². The second-order valence-corrected chi connectivity index (χ2v) is 4.60. The summed E-state index contributed by atoms with van der Waals surface area (Å²) in [6, 6.07) is 0.0587. The van der Waals surface area contributed by atoms with E-state index in [-0.39, 0.29) is 18.6 Å². The molecule has 0 bridgehead atoms. The highest BCUT2D eigenvalue weighted by atomic mass is 16.5. The van der Waals surface area contributed by atoms with Crippen molar-refractivity contribution >= 4 is 11.9 Å². The van der Waals surface area contributed by atoms with Gasteiger partial charge in [0.05, 0.1) is 19.3 Å². The number of hydrogen-bond donors (Lipinski definition) is 2. The Bertz CT molecular complexity index is 302. The first-order valence-electron chi connectivity index (χ1n) is 5.83. The van der Waals surface area contributed by atoms with Crippen LogP contribution in [0.1, 0.15) is 12.8 Å². The molecule has 1 aliphatic heterocycles. The van der Waals surface area contributed by atoms with Crippen LogP contribution in [0.15, 0.2) is 0 Å². The Morgan fingerprint density at radius 3 is 2.71 bits per heavy atom. The molecule has 1 aliphatic carbocycles. The highest BCUT2D eigenvalue weighted by Gasteiger charge is 2.40. The SMILES string of the molecule is O=C(O)COCC(=O)NC1COCC1C1CC1. The fourth-order valence-electron chi connectivity index (χ4n) is 2.19. The van der Waals surface area contributed by atoms with Crippen molar-refractivity contribution in [1.82, 2.24) is 5.32 Å². The molecule has 0 spiro atoms. The van der Waals surface area contributed by atoms with Crippen molar-refractivity contribution in [2.45, 2.75) is 18.9 Å². The molecule has 2 aliphatic rings. The summed E-state index contributed by atoms with van der Waals surface area (Å²) in [5.41, 5.74) is 0. The van der Waals surface area contributed by atoms with E-state index < -0.39 is 12.6 Å². The van der Waals surface area contributed by atoms with E-state index >= 15 is 0 Å². The lowest BCUT2D eigenvalue weighted by Crippen LogP contribution is -2.42. The Balaban J connectivity index is 1.68. The van der Waals surface area contributed by atoms with Crippen LogP contribution >= 0.6 is 0 Å². The van der Waals surface area contributed by atoms with Crippen LogP contribution in [0.5, 0.6) is 0 Å². The fourth-order valence-corrected chi connectivity index (χ4v) is 2.19. The number of hydrogen-bond acceptors (Lipinski definition) is 4. The van der Waals surface area contributed by atoms with Gasteiger partial charge in [-0.25, -0.2) is 4.79 Å². The van der Waals surface area contributed by atoms with E-state index in [9.17, 15) is 9.59 Å². The van der Waals surface area contributed by atoms with Gasteiger partial charge in [-0.05, 0) is 18.8 Å². The number of carbonyl (C=O) groups is 2. The van der Waals surface area contributed by atoms with E-state index in [0.29, 0.717) is 25.0 Å². The van der Waals surface area contributed by atoms with Crippen LogP contribution in [0, 0.1) is 11.8 Å². The van der Waals surface area contributed by atoms with Gasteiger partial charge in [0, 0.05) is 5.92 Å². The summed E-state index contributed by atoms with van der Waals surface area (Å²) in [5, 5.41) is 11.2. The molecule has 96 valence electrons. The van der Waals surface area contributed by atoms with Gasteiger partial charge >= 0.3 is 5.97 Å². The number of nitrogens with one attached hydrogen (secondary N) is 1. The van der Waals surface area contributed by atoms with Gasteiger partial charge in [-0.15, -0.1) is 0 Å². The van der Waals surface area contributed by atoms with E-state index in [1.165, 1.54) is 12.8 Å². The van der Waals surface area contributed by atoms with E-state index in [1.807, 2.05) is 0 Å². The van der Waals surface area contributed by atoms with Crippen LogP contribution in [-0.2, 0) is 19.1 Å². The standard InChI is InChI=1S/C11H17NO5/c13-10(5-17-6-11(14)15)12-9-4-16-3-8(9)7-1-2-7/h7-9H,1-6H2,(H,12,13)(H,14,15). The lowest BCUT2D eigenvalue weighted by molar-refractivity contribution is -0.143. The predicted molar refractivity (Wildman–Crippen MR) is 57.4 cm³/mol. The Kier molecular flexibility index (Phi) is 3.96. The maximum absolute atomic E-state index is 11.5. The third-order valence-corrected chi connectivity index (χ3v) is 3.16. The molecule has 17 heavy (non-hydrogen) atoms. The zero-order valence-corrected chi connectivity index (χ0v) is 9.55. The van der Waals surface area contributed by atoms with Crippen molar-refractivity contribution in [1.29, 1.82) is 0 Å². The quantitative estimate of drug-likeness (QED) is 0.664. The van der Waals surface area contributed by atoms with Gasteiger partial charge in [0.15, 0.2) is 0 Å². The van der Waals surface area contributed by atoms with Crippen LogP contribution in [-0.4, -0.2) is 49.5 Å². The molecular weight excluding hydrogens is 226 g/mol. The van der Waals surface area contributed by atoms with Gasteiger partial charge in [-0.1, -0.05) is 0 Å². The molecule has 0 aromatic heterocycles. The molecule has 2 unspecified atom stereocenters. The van der Waals surface area contributed by atoms with Gasteiger partial charge in [0.1, 0.15) is 13.2 Å². The minimum Gasteiger partial charge on any atom is -0.480 e. The number of carboxylic acid groups (broad SMARTS) is 1. The highest BCUT2D eigenvalue weighted by molar-refractivity contribution is 5.78. The van der Waals surface area contributed by atoms with E-state index in [1.54, 1.807) is 0 Å². The molecular formula is C11H17NO5. The van der Waals surface area contributed by atoms with Gasteiger partial charge in [0.2, 0.25) is 5.91 Å². The van der Waals surface area contributed by atoms with Crippen molar-refractivity contribution in [3.8, 4) is 0 Å². The fraction of sp³-hybridized carbons (Fsp3) is 0.818. The molecule has 1 saturated heterocycles. The molecule has 2 atom stereocenters. The van der Waals surface area contributed by atoms with E-state index in [0.717, 1.165) is 0 Å². The second kappa shape index (κ2) is 5.46. The summed E-state index contributed by atoms with van der Waals surface area (Å²) < 4.78 is 10.1. The number of rotatable bonds is 6. The van der Waals surface area contributed by atoms with Crippen molar-refractivity contribution in [3.05, 3.63) is 0 Å². The molecule has 2 fully saturated rings. The molecule has 1 heterocycles. The van der Waals surface area contributed by atoms with Gasteiger partial charge in [-0.2, -0.15) is 0 Å². The molecule has 1 amide bonds. The van der Waals surface area contributed by atoms with Crippen molar-refractivity contribution < 1.29 is 24.2 Å². The Morgan fingerprint density at radius 2 is 2.06 bits per heavy atom. The smallest absolute Gasteiger partial charge is 0.329 e. The normalized spacial score (nSPS) is 28.0. The van der Waals surface area contributed by atoms with E-state index in [2.05, 4.69) is 5.32 Å². The van der Waals surface area contributed by atoms with Gasteiger partial charge in [0.25, 0.3) is 0 Å². The summed E-state index contributed by atoms with van der Waals surface area (Å²) in [6.45, 7) is 0.609. The molecule has 0 radical (unpaired) electrons. The number of aliphatic carboxylic acids is 1. The monoisotopic (exact) mass is 243 g/mol. The molecule has 2 N–H and O–H groups in total. The Hall–Kier alpha value is -1.14. The van der Waals surface area contributed by atoms with E-state index in [4.69, 9.17) is 14.6 Å². The number of carboxylic acids is 1. The summed E-state index contributed by atoms with van der Waals surface area (Å²) >= 11 is 0. The molecule has 2 rings (SSSR count). The second-order valence-electron chi connectivity index (χ2n) is 4.60.